The third-order valence-electron chi connectivity index (χ3n) is 2.45. The Morgan fingerprint density at radius 3 is 2.67 bits per heavy atom. The molecule has 100 valence electrons. The predicted molar refractivity (Wildman–Crippen MR) is 69.7 cm³/mol. The molecule has 5 nitrogen and oxygen atoms in total. The number of hydrogen-bond donors (Lipinski definition) is 3. The van der Waals surface area contributed by atoms with Gasteiger partial charge in [-0.25, -0.2) is 4.79 Å². The quantitative estimate of drug-likeness (QED) is 0.668. The molecule has 0 aliphatic carbocycles. The zero-order valence-corrected chi connectivity index (χ0v) is 10.8. The SMILES string of the molecule is COCCNC(=O)N[C@@H](C)Cc1ccc(O)cc1. The Kier molecular flexibility index (Phi) is 6.00. The van der Waals surface area contributed by atoms with Crippen molar-refractivity contribution in [2.24, 2.45) is 0 Å². The number of phenols is 1. The lowest BCUT2D eigenvalue weighted by Gasteiger charge is -2.14. The molecule has 3 N–H and O–H groups in total. The monoisotopic (exact) mass is 252 g/mol. The van der Waals surface area contributed by atoms with Gasteiger partial charge in [-0.15, -0.1) is 0 Å². The van der Waals surface area contributed by atoms with Crippen molar-refractivity contribution in [3.63, 3.8) is 0 Å². The molecule has 0 heterocycles. The lowest BCUT2D eigenvalue weighted by atomic mass is 10.1. The number of rotatable bonds is 6. The number of benzene rings is 1. The Labute approximate surface area is 107 Å². The van der Waals surface area contributed by atoms with Crippen LogP contribution in [0.1, 0.15) is 12.5 Å². The molecule has 1 atom stereocenters. The van der Waals surface area contributed by atoms with Crippen molar-refractivity contribution in [2.45, 2.75) is 19.4 Å². The molecule has 0 aliphatic rings. The van der Waals surface area contributed by atoms with Crippen LogP contribution in [0.25, 0.3) is 0 Å². The van der Waals surface area contributed by atoms with E-state index in [1.807, 2.05) is 19.1 Å². The normalized spacial score (nSPS) is 11.9. The number of amides is 2. The summed E-state index contributed by atoms with van der Waals surface area (Å²) in [5.74, 6) is 0.247. The van der Waals surface area contributed by atoms with Crippen LogP contribution in [-0.4, -0.2) is 37.4 Å². The zero-order valence-electron chi connectivity index (χ0n) is 10.8. The molecular formula is C13H20N2O3. The highest BCUT2D eigenvalue weighted by Crippen LogP contribution is 2.11. The summed E-state index contributed by atoms with van der Waals surface area (Å²) in [6, 6.07) is 6.80. The van der Waals surface area contributed by atoms with Gasteiger partial charge in [0.15, 0.2) is 0 Å². The molecule has 1 aromatic rings. The Balaban J connectivity index is 2.30. The van der Waals surface area contributed by atoms with Crippen LogP contribution in [0, 0.1) is 0 Å². The van der Waals surface area contributed by atoms with E-state index in [0.717, 1.165) is 12.0 Å². The Morgan fingerprint density at radius 1 is 1.39 bits per heavy atom. The average molecular weight is 252 g/mol. The smallest absolute Gasteiger partial charge is 0.315 e. The summed E-state index contributed by atoms with van der Waals surface area (Å²) in [6.07, 6.45) is 0.720. The molecule has 0 unspecified atom stereocenters. The number of methoxy groups -OCH3 is 1. The van der Waals surface area contributed by atoms with Gasteiger partial charge < -0.3 is 20.5 Å². The summed E-state index contributed by atoms with van der Waals surface area (Å²) in [5, 5.41) is 14.7. The minimum atomic E-state index is -0.196. The van der Waals surface area contributed by atoms with Crippen molar-refractivity contribution in [3.05, 3.63) is 29.8 Å². The lowest BCUT2D eigenvalue weighted by Crippen LogP contribution is -2.42. The average Bonchev–Trinajstić information content (AvgIpc) is 2.32. The highest BCUT2D eigenvalue weighted by atomic mass is 16.5. The summed E-state index contributed by atoms with van der Waals surface area (Å²) < 4.78 is 4.84. The topological polar surface area (TPSA) is 70.6 Å². The zero-order chi connectivity index (χ0) is 13.4. The molecule has 1 aromatic carbocycles. The van der Waals surface area contributed by atoms with Gasteiger partial charge in [-0.3, -0.25) is 0 Å². The molecular weight excluding hydrogens is 232 g/mol. The predicted octanol–water partition coefficient (Wildman–Crippen LogP) is 1.27. The van der Waals surface area contributed by atoms with E-state index in [1.165, 1.54) is 0 Å². The molecule has 0 bridgehead atoms. The van der Waals surface area contributed by atoms with Crippen LogP contribution in [0.4, 0.5) is 4.79 Å². The van der Waals surface area contributed by atoms with E-state index in [1.54, 1.807) is 19.2 Å². The van der Waals surface area contributed by atoms with Crippen LogP contribution in [0.15, 0.2) is 24.3 Å². The van der Waals surface area contributed by atoms with Crippen LogP contribution in [0.2, 0.25) is 0 Å². The van der Waals surface area contributed by atoms with Gasteiger partial charge in [0, 0.05) is 19.7 Å². The van der Waals surface area contributed by atoms with E-state index in [-0.39, 0.29) is 17.8 Å². The highest BCUT2D eigenvalue weighted by Gasteiger charge is 2.07. The molecule has 0 saturated carbocycles. The molecule has 0 radical (unpaired) electrons. The first kappa shape index (κ1) is 14.3. The number of phenolic OH excluding ortho intramolecular Hbond substituents is 1. The number of aromatic hydroxyl groups is 1. The van der Waals surface area contributed by atoms with Crippen LogP contribution in [-0.2, 0) is 11.2 Å². The molecule has 1 rings (SSSR count). The fourth-order valence-electron chi connectivity index (χ4n) is 1.58. The summed E-state index contributed by atoms with van der Waals surface area (Å²) in [6.45, 7) is 2.93. The van der Waals surface area contributed by atoms with E-state index < -0.39 is 0 Å². The number of ether oxygens (including phenoxy) is 1. The van der Waals surface area contributed by atoms with E-state index in [4.69, 9.17) is 9.84 Å². The first-order valence-electron chi connectivity index (χ1n) is 5.93. The maximum absolute atomic E-state index is 11.5. The van der Waals surface area contributed by atoms with Gasteiger partial charge in [-0.1, -0.05) is 12.1 Å². The maximum atomic E-state index is 11.5. The van der Waals surface area contributed by atoms with Gasteiger partial charge in [0.25, 0.3) is 0 Å². The molecule has 5 heteroatoms. The second kappa shape index (κ2) is 7.55. The number of carbonyl (C=O) groups is 1. The van der Waals surface area contributed by atoms with Gasteiger partial charge >= 0.3 is 6.03 Å². The fourth-order valence-corrected chi connectivity index (χ4v) is 1.58. The number of nitrogens with one attached hydrogen (secondary N) is 2. The summed E-state index contributed by atoms with van der Waals surface area (Å²) in [5.41, 5.74) is 1.07. The molecule has 0 spiro atoms. The molecule has 0 aliphatic heterocycles. The van der Waals surface area contributed by atoms with Gasteiger partial charge in [0.05, 0.1) is 6.61 Å². The number of urea groups is 1. The molecule has 0 aromatic heterocycles. The van der Waals surface area contributed by atoms with Crippen LogP contribution in [0.5, 0.6) is 5.75 Å². The summed E-state index contributed by atoms with van der Waals surface area (Å²) in [4.78, 5) is 11.5. The molecule has 18 heavy (non-hydrogen) atoms. The second-order valence-electron chi connectivity index (χ2n) is 4.16. The fraction of sp³-hybridized carbons (Fsp3) is 0.462. The first-order valence-corrected chi connectivity index (χ1v) is 5.93. The van der Waals surface area contributed by atoms with E-state index in [2.05, 4.69) is 10.6 Å². The van der Waals surface area contributed by atoms with Gasteiger partial charge in [0.2, 0.25) is 0 Å². The minimum Gasteiger partial charge on any atom is -0.508 e. The van der Waals surface area contributed by atoms with Gasteiger partial charge in [-0.05, 0) is 31.0 Å². The van der Waals surface area contributed by atoms with Crippen molar-refractivity contribution < 1.29 is 14.6 Å². The summed E-state index contributed by atoms with van der Waals surface area (Å²) >= 11 is 0. The van der Waals surface area contributed by atoms with E-state index in [9.17, 15) is 4.79 Å². The largest absolute Gasteiger partial charge is 0.508 e. The Morgan fingerprint density at radius 2 is 2.06 bits per heavy atom. The Hall–Kier alpha value is -1.75. The third-order valence-corrected chi connectivity index (χ3v) is 2.45. The van der Waals surface area contributed by atoms with Crippen molar-refractivity contribution in [2.75, 3.05) is 20.3 Å². The molecule has 2 amide bonds. The number of hydrogen-bond acceptors (Lipinski definition) is 3. The van der Waals surface area contributed by atoms with E-state index >= 15 is 0 Å². The first-order chi connectivity index (χ1) is 8.61. The summed E-state index contributed by atoms with van der Waals surface area (Å²) in [7, 11) is 1.59. The lowest BCUT2D eigenvalue weighted by molar-refractivity contribution is 0.195. The van der Waals surface area contributed by atoms with Gasteiger partial charge in [0.1, 0.15) is 5.75 Å². The highest BCUT2D eigenvalue weighted by molar-refractivity contribution is 5.74. The van der Waals surface area contributed by atoms with Crippen molar-refractivity contribution in [1.82, 2.24) is 10.6 Å². The third kappa shape index (κ3) is 5.54. The molecule has 0 fully saturated rings. The maximum Gasteiger partial charge on any atom is 0.315 e. The minimum absolute atomic E-state index is 0.0251. The van der Waals surface area contributed by atoms with Crippen molar-refractivity contribution >= 4 is 6.03 Å². The van der Waals surface area contributed by atoms with Crippen LogP contribution < -0.4 is 10.6 Å². The van der Waals surface area contributed by atoms with Crippen molar-refractivity contribution in [3.8, 4) is 5.75 Å². The number of carbonyl (C=O) groups excluding carboxylic acids is 1. The standard InChI is InChI=1S/C13H20N2O3/c1-10(15-13(17)14-7-8-18-2)9-11-3-5-12(16)6-4-11/h3-6,10,16H,7-9H2,1-2H3,(H2,14,15,17)/t10-/m0/s1. The van der Waals surface area contributed by atoms with Crippen LogP contribution in [0.3, 0.4) is 0 Å². The van der Waals surface area contributed by atoms with Crippen molar-refractivity contribution in [1.29, 1.82) is 0 Å². The van der Waals surface area contributed by atoms with Crippen LogP contribution >= 0.6 is 0 Å². The van der Waals surface area contributed by atoms with E-state index in [0.29, 0.717) is 13.2 Å². The second-order valence-corrected chi connectivity index (χ2v) is 4.16. The Bertz CT molecular complexity index is 365. The van der Waals surface area contributed by atoms with Gasteiger partial charge in [-0.2, -0.15) is 0 Å². The molecule has 0 saturated heterocycles.